The standard InChI is InChI=1S/C30H31N3O5/c1-20(2)28(29(37)31-25-10-6-7-21(17-25)13-16-27(35)36)23-14-11-22(12-15-23)18-33-26(34)19-38-30(32-33)24-8-4-3-5-9-24/h3-12,14-15,17,20,28H,13,16,18-19H2,1-2H3,(H,31,37)(H,35,36). The Kier molecular flexibility index (Phi) is 8.53. The van der Waals surface area contributed by atoms with Crippen LogP contribution in [0.1, 0.15) is 48.4 Å². The molecule has 38 heavy (non-hydrogen) atoms. The second kappa shape index (κ2) is 12.2. The largest absolute Gasteiger partial charge is 0.481 e. The Labute approximate surface area is 221 Å². The fourth-order valence-corrected chi connectivity index (χ4v) is 4.36. The van der Waals surface area contributed by atoms with Crippen molar-refractivity contribution in [3.05, 3.63) is 101 Å². The smallest absolute Gasteiger partial charge is 0.303 e. The number of hydrogen-bond acceptors (Lipinski definition) is 5. The number of ether oxygens (including phenoxy) is 1. The number of nitrogens with one attached hydrogen (secondary N) is 1. The molecule has 0 radical (unpaired) electrons. The first-order valence-corrected chi connectivity index (χ1v) is 12.6. The highest BCUT2D eigenvalue weighted by atomic mass is 16.5. The molecular formula is C30H31N3O5. The van der Waals surface area contributed by atoms with E-state index < -0.39 is 5.97 Å². The molecule has 2 amide bonds. The van der Waals surface area contributed by atoms with Gasteiger partial charge in [-0.25, -0.2) is 5.01 Å². The van der Waals surface area contributed by atoms with Crippen LogP contribution in [0.25, 0.3) is 0 Å². The number of rotatable bonds is 10. The highest BCUT2D eigenvalue weighted by Gasteiger charge is 2.26. The van der Waals surface area contributed by atoms with E-state index in [4.69, 9.17) is 9.84 Å². The third kappa shape index (κ3) is 6.85. The molecule has 0 saturated carbocycles. The number of carboxylic acids is 1. The summed E-state index contributed by atoms with van der Waals surface area (Å²) in [4.78, 5) is 36.6. The monoisotopic (exact) mass is 513 g/mol. The fraction of sp³-hybridized carbons (Fsp3) is 0.267. The summed E-state index contributed by atoms with van der Waals surface area (Å²) in [6, 6.07) is 24.3. The van der Waals surface area contributed by atoms with Gasteiger partial charge in [0, 0.05) is 17.7 Å². The fourth-order valence-electron chi connectivity index (χ4n) is 4.36. The Morgan fingerprint density at radius 2 is 1.74 bits per heavy atom. The van der Waals surface area contributed by atoms with E-state index in [1.165, 1.54) is 5.01 Å². The van der Waals surface area contributed by atoms with Crippen LogP contribution < -0.4 is 5.32 Å². The molecule has 0 fully saturated rings. The number of anilines is 1. The van der Waals surface area contributed by atoms with E-state index in [1.54, 1.807) is 6.07 Å². The summed E-state index contributed by atoms with van der Waals surface area (Å²) in [5.74, 6) is -1.16. The number of hydrazone groups is 1. The van der Waals surface area contributed by atoms with Gasteiger partial charge in [0.15, 0.2) is 6.61 Å². The maximum absolute atomic E-state index is 13.3. The van der Waals surface area contributed by atoms with Gasteiger partial charge in [0.05, 0.1) is 12.5 Å². The van der Waals surface area contributed by atoms with Crippen LogP contribution in [0.2, 0.25) is 0 Å². The van der Waals surface area contributed by atoms with Crippen LogP contribution in [0.4, 0.5) is 5.69 Å². The van der Waals surface area contributed by atoms with Crippen molar-refractivity contribution < 1.29 is 24.2 Å². The lowest BCUT2D eigenvalue weighted by Gasteiger charge is -2.24. The summed E-state index contributed by atoms with van der Waals surface area (Å²) in [6.45, 7) is 4.21. The van der Waals surface area contributed by atoms with E-state index >= 15 is 0 Å². The Hall–Kier alpha value is -4.46. The molecule has 1 atom stereocenters. The van der Waals surface area contributed by atoms with Gasteiger partial charge in [0.2, 0.25) is 11.8 Å². The quantitative estimate of drug-likeness (QED) is 0.405. The molecule has 0 aliphatic carbocycles. The minimum absolute atomic E-state index is 0.0350. The van der Waals surface area contributed by atoms with Crippen molar-refractivity contribution in [2.45, 2.75) is 39.2 Å². The van der Waals surface area contributed by atoms with Crippen molar-refractivity contribution in [1.29, 1.82) is 0 Å². The van der Waals surface area contributed by atoms with Crippen LogP contribution in [0.3, 0.4) is 0 Å². The van der Waals surface area contributed by atoms with Crippen LogP contribution in [-0.2, 0) is 32.1 Å². The highest BCUT2D eigenvalue weighted by molar-refractivity contribution is 5.98. The van der Waals surface area contributed by atoms with Crippen LogP contribution in [0, 0.1) is 5.92 Å². The number of aliphatic carboxylic acids is 1. The minimum atomic E-state index is -0.857. The molecule has 3 aromatic carbocycles. The number of amides is 2. The molecule has 0 spiro atoms. The van der Waals surface area contributed by atoms with E-state index in [0.717, 1.165) is 22.3 Å². The minimum Gasteiger partial charge on any atom is -0.481 e. The summed E-state index contributed by atoms with van der Waals surface area (Å²) >= 11 is 0. The zero-order chi connectivity index (χ0) is 27.1. The van der Waals surface area contributed by atoms with Gasteiger partial charge in [-0.3, -0.25) is 14.4 Å². The lowest BCUT2D eigenvalue weighted by atomic mass is 9.87. The van der Waals surface area contributed by atoms with Crippen molar-refractivity contribution in [2.24, 2.45) is 11.0 Å². The number of carboxylic acid groups (broad SMARTS) is 1. The van der Waals surface area contributed by atoms with E-state index in [2.05, 4.69) is 10.4 Å². The third-order valence-electron chi connectivity index (χ3n) is 6.29. The molecule has 1 unspecified atom stereocenters. The van der Waals surface area contributed by atoms with Gasteiger partial charge in [-0.2, -0.15) is 0 Å². The Morgan fingerprint density at radius 3 is 2.42 bits per heavy atom. The van der Waals surface area contributed by atoms with E-state index in [9.17, 15) is 14.4 Å². The van der Waals surface area contributed by atoms with Gasteiger partial charge in [-0.1, -0.05) is 68.4 Å². The second-order valence-electron chi connectivity index (χ2n) is 9.56. The Balaban J connectivity index is 1.45. The first-order valence-electron chi connectivity index (χ1n) is 12.6. The number of hydrogen-bond donors (Lipinski definition) is 2. The predicted molar refractivity (Wildman–Crippen MR) is 145 cm³/mol. The summed E-state index contributed by atoms with van der Waals surface area (Å²) in [6.07, 6.45) is 0.434. The third-order valence-corrected chi connectivity index (χ3v) is 6.29. The lowest BCUT2D eigenvalue weighted by molar-refractivity contribution is -0.137. The normalized spacial score (nSPS) is 14.0. The van der Waals surface area contributed by atoms with Gasteiger partial charge in [-0.15, -0.1) is 5.10 Å². The zero-order valence-corrected chi connectivity index (χ0v) is 21.5. The highest BCUT2D eigenvalue weighted by Crippen LogP contribution is 2.27. The molecule has 2 N–H and O–H groups in total. The van der Waals surface area contributed by atoms with Gasteiger partial charge in [0.25, 0.3) is 5.91 Å². The van der Waals surface area contributed by atoms with Crippen LogP contribution in [0.15, 0.2) is 84.0 Å². The molecule has 196 valence electrons. The van der Waals surface area contributed by atoms with Crippen molar-refractivity contribution >= 4 is 29.4 Å². The summed E-state index contributed by atoms with van der Waals surface area (Å²) in [7, 11) is 0. The molecule has 0 aromatic heterocycles. The Morgan fingerprint density at radius 1 is 1.00 bits per heavy atom. The average molecular weight is 514 g/mol. The molecule has 3 aromatic rings. The SMILES string of the molecule is CC(C)C(C(=O)Nc1cccc(CCC(=O)O)c1)c1ccc(CN2N=C(c3ccccc3)OCC2=O)cc1. The molecule has 4 rings (SSSR count). The number of nitrogens with zero attached hydrogens (tertiary/aromatic N) is 2. The molecule has 8 nitrogen and oxygen atoms in total. The maximum atomic E-state index is 13.3. The molecule has 0 saturated heterocycles. The van der Waals surface area contributed by atoms with Crippen molar-refractivity contribution in [1.82, 2.24) is 5.01 Å². The molecule has 1 aliphatic rings. The van der Waals surface area contributed by atoms with Gasteiger partial charge < -0.3 is 15.2 Å². The molecular weight excluding hydrogens is 482 g/mol. The van der Waals surface area contributed by atoms with Crippen LogP contribution in [0.5, 0.6) is 0 Å². The van der Waals surface area contributed by atoms with Gasteiger partial charge in [-0.05, 0) is 53.3 Å². The second-order valence-corrected chi connectivity index (χ2v) is 9.56. The number of carbonyl (C=O) groups is 3. The van der Waals surface area contributed by atoms with Gasteiger partial charge >= 0.3 is 5.97 Å². The van der Waals surface area contributed by atoms with Crippen LogP contribution in [-0.4, -0.2) is 40.4 Å². The van der Waals surface area contributed by atoms with Crippen molar-refractivity contribution in [2.75, 3.05) is 11.9 Å². The van der Waals surface area contributed by atoms with Crippen molar-refractivity contribution in [3.63, 3.8) is 0 Å². The predicted octanol–water partition coefficient (Wildman–Crippen LogP) is 4.80. The van der Waals surface area contributed by atoms with Crippen LogP contribution >= 0.6 is 0 Å². The summed E-state index contributed by atoms with van der Waals surface area (Å²) < 4.78 is 5.52. The summed E-state index contributed by atoms with van der Waals surface area (Å²) in [5, 5.41) is 17.7. The van der Waals surface area contributed by atoms with E-state index in [0.29, 0.717) is 24.6 Å². The maximum Gasteiger partial charge on any atom is 0.303 e. The molecule has 8 heteroatoms. The molecule has 0 bridgehead atoms. The number of benzene rings is 3. The van der Waals surface area contributed by atoms with Crippen molar-refractivity contribution in [3.8, 4) is 0 Å². The average Bonchev–Trinajstić information content (AvgIpc) is 2.90. The zero-order valence-electron chi connectivity index (χ0n) is 21.5. The van der Waals surface area contributed by atoms with Gasteiger partial charge in [0.1, 0.15) is 0 Å². The lowest BCUT2D eigenvalue weighted by Crippen LogP contribution is -2.36. The number of carbonyl (C=O) groups excluding carboxylic acids is 2. The molecule has 1 heterocycles. The Bertz CT molecular complexity index is 1320. The first kappa shape index (κ1) is 26.6. The molecule has 1 aliphatic heterocycles. The van der Waals surface area contributed by atoms with E-state index in [-0.39, 0.29) is 36.7 Å². The summed E-state index contributed by atoms with van der Waals surface area (Å²) in [5.41, 5.74) is 4.04. The van der Waals surface area contributed by atoms with E-state index in [1.807, 2.05) is 86.6 Å². The first-order chi connectivity index (χ1) is 18.3. The topological polar surface area (TPSA) is 108 Å². The number of aryl methyl sites for hydroxylation is 1.